The molecule has 1 saturated heterocycles. The molecular formula is C26H35N7O3. The topological polar surface area (TPSA) is 126 Å². The maximum atomic E-state index is 9.79. The van der Waals surface area contributed by atoms with E-state index in [0.29, 0.717) is 35.7 Å². The molecule has 0 atom stereocenters. The fourth-order valence-electron chi connectivity index (χ4n) is 4.51. The molecule has 1 aliphatic heterocycles. The van der Waals surface area contributed by atoms with Crippen LogP contribution in [0.5, 0.6) is 11.8 Å². The highest BCUT2D eigenvalue weighted by Gasteiger charge is 2.19. The number of rotatable bonds is 11. The molecule has 1 aliphatic rings. The molecule has 0 amide bonds. The average molecular weight is 494 g/mol. The van der Waals surface area contributed by atoms with Crippen molar-refractivity contribution >= 4 is 16.9 Å². The summed E-state index contributed by atoms with van der Waals surface area (Å²) in [5.41, 5.74) is 9.31. The number of hydrogen-bond donors (Lipinski definition) is 2. The van der Waals surface area contributed by atoms with Crippen molar-refractivity contribution in [2.24, 2.45) is 0 Å². The van der Waals surface area contributed by atoms with E-state index >= 15 is 0 Å². The van der Waals surface area contributed by atoms with Crippen molar-refractivity contribution in [3.63, 3.8) is 0 Å². The number of unbranched alkanes of at least 4 members (excludes halogenated alkanes) is 1. The predicted molar refractivity (Wildman–Crippen MR) is 138 cm³/mol. The van der Waals surface area contributed by atoms with Crippen LogP contribution in [0.25, 0.3) is 11.0 Å². The zero-order valence-corrected chi connectivity index (χ0v) is 21.1. The summed E-state index contributed by atoms with van der Waals surface area (Å²) in [6.45, 7) is 8.63. The van der Waals surface area contributed by atoms with E-state index in [4.69, 9.17) is 20.3 Å². The van der Waals surface area contributed by atoms with Gasteiger partial charge in [0.1, 0.15) is 23.3 Å². The van der Waals surface area contributed by atoms with Crippen LogP contribution in [0, 0.1) is 11.3 Å². The van der Waals surface area contributed by atoms with E-state index < -0.39 is 0 Å². The van der Waals surface area contributed by atoms with Gasteiger partial charge in [0.2, 0.25) is 0 Å². The van der Waals surface area contributed by atoms with Gasteiger partial charge < -0.3 is 24.9 Å². The second kappa shape index (κ2) is 12.0. The molecule has 10 heteroatoms. The summed E-state index contributed by atoms with van der Waals surface area (Å²) in [4.78, 5) is 13.5. The molecule has 0 radical (unpaired) electrons. The Morgan fingerprint density at radius 2 is 1.89 bits per heavy atom. The lowest BCUT2D eigenvalue weighted by molar-refractivity contribution is 0.108. The lowest BCUT2D eigenvalue weighted by atomic mass is 10.1. The molecule has 4 rings (SSSR count). The first-order valence-corrected chi connectivity index (χ1v) is 12.5. The van der Waals surface area contributed by atoms with Gasteiger partial charge in [0.15, 0.2) is 5.65 Å². The van der Waals surface area contributed by atoms with Gasteiger partial charge in [-0.2, -0.15) is 15.2 Å². The summed E-state index contributed by atoms with van der Waals surface area (Å²) in [6, 6.07) is 10.4. The van der Waals surface area contributed by atoms with E-state index in [1.54, 1.807) is 13.2 Å². The number of anilines is 1. The first-order chi connectivity index (χ1) is 17.6. The van der Waals surface area contributed by atoms with Gasteiger partial charge in [-0.25, -0.2) is 0 Å². The Bertz CT molecular complexity index is 1210. The first-order valence-electron chi connectivity index (χ1n) is 12.5. The molecule has 0 aliphatic carbocycles. The van der Waals surface area contributed by atoms with Gasteiger partial charge in [-0.1, -0.05) is 25.5 Å². The van der Waals surface area contributed by atoms with Crippen molar-refractivity contribution in [3.05, 3.63) is 41.1 Å². The quantitative estimate of drug-likeness (QED) is 0.387. The zero-order chi connectivity index (χ0) is 25.5. The number of aromatic nitrogens is 3. The minimum Gasteiger partial charge on any atom is -0.496 e. The summed E-state index contributed by atoms with van der Waals surface area (Å²) < 4.78 is 13.3. The third-order valence-electron chi connectivity index (χ3n) is 6.57. The SMILES string of the molecule is CCCCOc1nc(N)c2cc(C#N)n(Cc3ccc(CN4CCN(CCO)CC4)cc3OC)c2n1. The Morgan fingerprint density at radius 3 is 2.58 bits per heavy atom. The molecule has 1 aromatic carbocycles. The third-order valence-corrected chi connectivity index (χ3v) is 6.57. The normalized spacial score (nSPS) is 14.7. The number of β-amino-alcohol motifs (C(OH)–C–C–N with tert-alkyl or cyclic N) is 1. The first kappa shape index (κ1) is 25.7. The van der Waals surface area contributed by atoms with Gasteiger partial charge in [0.05, 0.1) is 32.3 Å². The molecule has 0 spiro atoms. The van der Waals surface area contributed by atoms with Crippen LogP contribution in [0.4, 0.5) is 5.82 Å². The van der Waals surface area contributed by atoms with Crippen LogP contribution < -0.4 is 15.2 Å². The van der Waals surface area contributed by atoms with Gasteiger partial charge in [0, 0.05) is 44.8 Å². The highest BCUT2D eigenvalue weighted by Crippen LogP contribution is 2.28. The van der Waals surface area contributed by atoms with Crippen molar-refractivity contribution in [2.75, 3.05) is 58.8 Å². The van der Waals surface area contributed by atoms with Crippen molar-refractivity contribution in [2.45, 2.75) is 32.9 Å². The predicted octanol–water partition coefficient (Wildman–Crippen LogP) is 2.23. The standard InChI is InChI=1S/C26H35N7O3/c1-3-4-13-36-26-29-24(28)22-15-21(16-27)33(25(22)30-26)18-20-6-5-19(14-23(20)35-2)17-32-9-7-31(8-10-32)11-12-34/h5-6,14-15,34H,3-4,7-13,17-18H2,1-2H3,(H2,28,29,30). The van der Waals surface area contributed by atoms with E-state index in [1.807, 2.05) is 10.6 Å². The second-order valence-electron chi connectivity index (χ2n) is 9.05. The second-order valence-corrected chi connectivity index (χ2v) is 9.05. The molecule has 0 bridgehead atoms. The van der Waals surface area contributed by atoms with E-state index in [0.717, 1.165) is 63.4 Å². The minimum absolute atomic E-state index is 0.203. The third kappa shape index (κ3) is 5.87. The number of piperazine rings is 1. The summed E-state index contributed by atoms with van der Waals surface area (Å²) in [5.74, 6) is 1.06. The number of aliphatic hydroxyl groups excluding tert-OH is 1. The Labute approximate surface area is 211 Å². The number of nitrogens with two attached hydrogens (primary N) is 1. The van der Waals surface area contributed by atoms with E-state index in [1.165, 1.54) is 5.56 Å². The number of fused-ring (bicyclic) bond motifs is 1. The van der Waals surface area contributed by atoms with Crippen LogP contribution in [0.2, 0.25) is 0 Å². The van der Waals surface area contributed by atoms with Crippen molar-refractivity contribution < 1.29 is 14.6 Å². The van der Waals surface area contributed by atoms with Gasteiger partial charge >= 0.3 is 6.01 Å². The summed E-state index contributed by atoms with van der Waals surface area (Å²) >= 11 is 0. The number of aliphatic hydroxyl groups is 1. The van der Waals surface area contributed by atoms with E-state index in [-0.39, 0.29) is 12.6 Å². The number of methoxy groups -OCH3 is 1. The summed E-state index contributed by atoms with van der Waals surface area (Å²) in [7, 11) is 1.66. The fourth-order valence-corrected chi connectivity index (χ4v) is 4.51. The van der Waals surface area contributed by atoms with Gasteiger partial charge in [-0.3, -0.25) is 9.80 Å². The fraction of sp³-hybridized carbons (Fsp3) is 0.500. The lowest BCUT2D eigenvalue weighted by Crippen LogP contribution is -2.46. The molecular weight excluding hydrogens is 458 g/mol. The molecule has 0 unspecified atom stereocenters. The molecule has 3 N–H and O–H groups in total. The van der Waals surface area contributed by atoms with E-state index in [2.05, 4.69) is 44.9 Å². The van der Waals surface area contributed by atoms with Crippen molar-refractivity contribution in [1.82, 2.24) is 24.3 Å². The molecule has 2 aromatic heterocycles. The number of nitrogens with zero attached hydrogens (tertiary/aromatic N) is 6. The number of nitrogen functional groups attached to an aromatic ring is 1. The van der Waals surface area contributed by atoms with Crippen molar-refractivity contribution in [1.29, 1.82) is 5.26 Å². The van der Waals surface area contributed by atoms with Crippen LogP contribution in [0.3, 0.4) is 0 Å². The van der Waals surface area contributed by atoms with Crippen LogP contribution >= 0.6 is 0 Å². The number of benzene rings is 1. The Morgan fingerprint density at radius 1 is 1.11 bits per heavy atom. The summed E-state index contributed by atoms with van der Waals surface area (Å²) in [5, 5.41) is 19.6. The van der Waals surface area contributed by atoms with Crippen LogP contribution in [0.15, 0.2) is 24.3 Å². The average Bonchev–Trinajstić information content (AvgIpc) is 3.24. The monoisotopic (exact) mass is 493 g/mol. The van der Waals surface area contributed by atoms with Crippen LogP contribution in [0.1, 0.15) is 36.6 Å². The molecule has 0 saturated carbocycles. The van der Waals surface area contributed by atoms with Gasteiger partial charge in [-0.15, -0.1) is 0 Å². The Hall–Kier alpha value is -3.39. The number of hydrogen-bond acceptors (Lipinski definition) is 9. The molecule has 192 valence electrons. The number of ether oxygens (including phenoxy) is 2. The molecule has 3 heterocycles. The molecule has 3 aromatic rings. The Balaban J connectivity index is 1.55. The van der Waals surface area contributed by atoms with Crippen LogP contribution in [-0.2, 0) is 13.1 Å². The maximum Gasteiger partial charge on any atom is 0.320 e. The minimum atomic E-state index is 0.203. The van der Waals surface area contributed by atoms with Gasteiger partial charge in [-0.05, 0) is 24.1 Å². The molecule has 36 heavy (non-hydrogen) atoms. The lowest BCUT2D eigenvalue weighted by Gasteiger charge is -2.34. The van der Waals surface area contributed by atoms with Gasteiger partial charge in [0.25, 0.3) is 0 Å². The largest absolute Gasteiger partial charge is 0.496 e. The van der Waals surface area contributed by atoms with Crippen LogP contribution in [-0.4, -0.2) is 82.5 Å². The zero-order valence-electron chi connectivity index (χ0n) is 21.1. The molecule has 10 nitrogen and oxygen atoms in total. The maximum absolute atomic E-state index is 9.79. The highest BCUT2D eigenvalue weighted by atomic mass is 16.5. The number of nitriles is 1. The summed E-state index contributed by atoms with van der Waals surface area (Å²) in [6.07, 6.45) is 1.90. The molecule has 1 fully saturated rings. The highest BCUT2D eigenvalue weighted by molar-refractivity contribution is 5.88. The van der Waals surface area contributed by atoms with E-state index in [9.17, 15) is 5.26 Å². The Kier molecular flexibility index (Phi) is 8.59. The smallest absolute Gasteiger partial charge is 0.320 e. The van der Waals surface area contributed by atoms with Crippen molar-refractivity contribution in [3.8, 4) is 17.8 Å².